The van der Waals surface area contributed by atoms with Crippen molar-refractivity contribution in [1.82, 2.24) is 9.88 Å². The number of pyridine rings is 1. The van der Waals surface area contributed by atoms with Crippen LogP contribution in [0, 0.1) is 6.92 Å². The molecule has 1 aliphatic rings. The van der Waals surface area contributed by atoms with Crippen molar-refractivity contribution >= 4 is 11.9 Å². The van der Waals surface area contributed by atoms with E-state index in [2.05, 4.69) is 4.98 Å². The number of fused-ring (bicyclic) bond motifs is 1. The number of hydrogen-bond donors (Lipinski definition) is 0. The molecule has 0 bridgehead atoms. The van der Waals surface area contributed by atoms with Crippen molar-refractivity contribution in [3.05, 3.63) is 94.3 Å². The maximum absolute atomic E-state index is 13.2. The van der Waals surface area contributed by atoms with Crippen LogP contribution in [0.4, 0.5) is 8.78 Å². The highest BCUT2D eigenvalue weighted by atomic mass is 19.3. The monoisotopic (exact) mass is 464 g/mol. The second kappa shape index (κ2) is 10.1. The number of halogens is 2. The molecule has 2 aromatic carbocycles. The Kier molecular flexibility index (Phi) is 7.01. The minimum absolute atomic E-state index is 0.110. The molecule has 1 aromatic heterocycles. The Morgan fingerprint density at radius 1 is 1.15 bits per heavy atom. The molecule has 0 N–H and O–H groups in total. The van der Waals surface area contributed by atoms with Crippen LogP contribution in [0.15, 0.2) is 60.8 Å². The van der Waals surface area contributed by atoms with Crippen LogP contribution in [0.25, 0.3) is 0 Å². The fourth-order valence-corrected chi connectivity index (χ4v) is 4.27. The van der Waals surface area contributed by atoms with Gasteiger partial charge in [-0.25, -0.2) is 18.6 Å². The molecule has 1 unspecified atom stereocenters. The molecule has 1 aliphatic heterocycles. The number of carbonyl (C=O) groups excluding carboxylic acids is 2. The van der Waals surface area contributed by atoms with Crippen molar-refractivity contribution in [3.63, 3.8) is 0 Å². The van der Waals surface area contributed by atoms with E-state index in [1.54, 1.807) is 35.2 Å². The molecule has 1 amide bonds. The molecule has 176 valence electrons. The standard InChI is InChI=1S/C27H26F2N2O3/c1-17-15-20(12-11-19(17)7-6-10-24(28)29)18(2)31-16-23-22(26(31)32)13-14-30-25(23)27(33)34-21-8-4-3-5-9-21/h3-5,8-9,11-15,18,24H,6-7,10,16H2,1-2H3. The molecular weight excluding hydrogens is 438 g/mol. The van der Waals surface area contributed by atoms with Gasteiger partial charge in [-0.2, -0.15) is 0 Å². The van der Waals surface area contributed by atoms with E-state index in [1.165, 1.54) is 6.20 Å². The first kappa shape index (κ1) is 23.5. The van der Waals surface area contributed by atoms with E-state index in [1.807, 2.05) is 38.1 Å². The summed E-state index contributed by atoms with van der Waals surface area (Å²) >= 11 is 0. The summed E-state index contributed by atoms with van der Waals surface area (Å²) in [5, 5.41) is 0. The zero-order valence-electron chi connectivity index (χ0n) is 19.1. The van der Waals surface area contributed by atoms with Crippen LogP contribution >= 0.6 is 0 Å². The van der Waals surface area contributed by atoms with Crippen LogP contribution in [-0.2, 0) is 13.0 Å². The number of esters is 1. The van der Waals surface area contributed by atoms with E-state index in [4.69, 9.17) is 4.74 Å². The van der Waals surface area contributed by atoms with E-state index >= 15 is 0 Å². The third-order valence-electron chi connectivity index (χ3n) is 6.21. The highest BCUT2D eigenvalue weighted by Gasteiger charge is 2.35. The quantitative estimate of drug-likeness (QED) is 0.307. The first-order valence-corrected chi connectivity index (χ1v) is 11.3. The van der Waals surface area contributed by atoms with E-state index in [0.717, 1.165) is 16.7 Å². The number of nitrogens with zero attached hydrogens (tertiary/aromatic N) is 2. The Labute approximate surface area is 197 Å². The van der Waals surface area contributed by atoms with Gasteiger partial charge in [-0.3, -0.25) is 4.79 Å². The van der Waals surface area contributed by atoms with Gasteiger partial charge in [0, 0.05) is 30.3 Å². The Bertz CT molecular complexity index is 1200. The van der Waals surface area contributed by atoms with E-state index in [0.29, 0.717) is 29.7 Å². The minimum Gasteiger partial charge on any atom is -0.422 e. The zero-order chi connectivity index (χ0) is 24.2. The summed E-state index contributed by atoms with van der Waals surface area (Å²) in [6.07, 6.45) is 0.0814. The van der Waals surface area contributed by atoms with Crippen molar-refractivity contribution in [3.8, 4) is 5.75 Å². The lowest BCUT2D eigenvalue weighted by Crippen LogP contribution is -2.27. The van der Waals surface area contributed by atoms with Crippen LogP contribution in [0.3, 0.4) is 0 Å². The predicted octanol–water partition coefficient (Wildman–Crippen LogP) is 5.91. The third kappa shape index (κ3) is 4.98. The van der Waals surface area contributed by atoms with Gasteiger partial charge in [-0.1, -0.05) is 36.4 Å². The second-order valence-electron chi connectivity index (χ2n) is 8.47. The average molecular weight is 465 g/mol. The molecule has 3 aromatic rings. The molecule has 0 spiro atoms. The summed E-state index contributed by atoms with van der Waals surface area (Å²) in [6, 6.07) is 16.0. The minimum atomic E-state index is -2.29. The average Bonchev–Trinajstić information content (AvgIpc) is 3.16. The van der Waals surface area contributed by atoms with Gasteiger partial charge in [-0.05, 0) is 61.6 Å². The summed E-state index contributed by atoms with van der Waals surface area (Å²) in [5.41, 5.74) is 4.12. The lowest BCUT2D eigenvalue weighted by Gasteiger charge is -2.25. The number of ether oxygens (including phenoxy) is 1. The molecule has 0 saturated carbocycles. The molecule has 4 rings (SSSR count). The van der Waals surface area contributed by atoms with Crippen molar-refractivity contribution in [2.75, 3.05) is 0 Å². The summed E-state index contributed by atoms with van der Waals surface area (Å²) in [5.74, 6) is -0.364. The van der Waals surface area contributed by atoms with Gasteiger partial charge >= 0.3 is 5.97 Å². The molecule has 7 heteroatoms. The van der Waals surface area contributed by atoms with Crippen LogP contribution in [-0.4, -0.2) is 28.2 Å². The summed E-state index contributed by atoms with van der Waals surface area (Å²) in [4.78, 5) is 31.9. The smallest absolute Gasteiger partial charge is 0.362 e. The van der Waals surface area contributed by atoms with Crippen LogP contribution in [0.1, 0.15) is 68.9 Å². The molecule has 0 radical (unpaired) electrons. The van der Waals surface area contributed by atoms with E-state index in [9.17, 15) is 18.4 Å². The van der Waals surface area contributed by atoms with Gasteiger partial charge in [0.05, 0.1) is 6.04 Å². The molecule has 0 fully saturated rings. The van der Waals surface area contributed by atoms with Crippen molar-refractivity contribution in [1.29, 1.82) is 0 Å². The fourth-order valence-electron chi connectivity index (χ4n) is 4.27. The Morgan fingerprint density at radius 2 is 1.91 bits per heavy atom. The lowest BCUT2D eigenvalue weighted by molar-refractivity contribution is 0.0701. The summed E-state index contributed by atoms with van der Waals surface area (Å²) in [7, 11) is 0. The van der Waals surface area contributed by atoms with Crippen LogP contribution in [0.5, 0.6) is 5.75 Å². The summed E-state index contributed by atoms with van der Waals surface area (Å²) < 4.78 is 30.3. The second-order valence-corrected chi connectivity index (χ2v) is 8.47. The number of aryl methyl sites for hydroxylation is 2. The number of hydrogen-bond acceptors (Lipinski definition) is 4. The van der Waals surface area contributed by atoms with Crippen LogP contribution in [0.2, 0.25) is 0 Å². The van der Waals surface area contributed by atoms with Gasteiger partial charge in [-0.15, -0.1) is 0 Å². The zero-order valence-corrected chi connectivity index (χ0v) is 19.1. The van der Waals surface area contributed by atoms with Crippen LogP contribution < -0.4 is 4.74 Å². The van der Waals surface area contributed by atoms with Gasteiger partial charge in [0.25, 0.3) is 5.91 Å². The molecule has 0 saturated heterocycles. The fraction of sp³-hybridized carbons (Fsp3) is 0.296. The third-order valence-corrected chi connectivity index (χ3v) is 6.21. The number of aromatic nitrogens is 1. The number of carbonyl (C=O) groups is 2. The predicted molar refractivity (Wildman–Crippen MR) is 124 cm³/mol. The molecule has 5 nitrogen and oxygen atoms in total. The highest BCUT2D eigenvalue weighted by molar-refractivity contribution is 6.02. The van der Waals surface area contributed by atoms with Gasteiger partial charge in [0.2, 0.25) is 6.43 Å². The number of para-hydroxylation sites is 1. The lowest BCUT2D eigenvalue weighted by atomic mass is 9.97. The molecule has 2 heterocycles. The van der Waals surface area contributed by atoms with Gasteiger partial charge in [0.15, 0.2) is 5.69 Å². The van der Waals surface area contributed by atoms with Crippen molar-refractivity contribution in [2.45, 2.75) is 52.1 Å². The SMILES string of the molecule is Cc1cc(C(C)N2Cc3c(ccnc3C(=O)Oc3ccccc3)C2=O)ccc1CCCC(F)F. The maximum atomic E-state index is 13.2. The largest absolute Gasteiger partial charge is 0.422 e. The van der Waals surface area contributed by atoms with Crippen molar-refractivity contribution in [2.24, 2.45) is 0 Å². The molecule has 34 heavy (non-hydrogen) atoms. The first-order valence-electron chi connectivity index (χ1n) is 11.3. The number of amides is 1. The van der Waals surface area contributed by atoms with Crippen molar-refractivity contribution < 1.29 is 23.1 Å². The first-order chi connectivity index (χ1) is 16.3. The Balaban J connectivity index is 1.51. The van der Waals surface area contributed by atoms with Gasteiger partial charge in [0.1, 0.15) is 5.75 Å². The summed E-state index contributed by atoms with van der Waals surface area (Å²) in [6.45, 7) is 4.14. The normalized spacial score (nSPS) is 13.8. The van der Waals surface area contributed by atoms with E-state index < -0.39 is 12.4 Å². The molecule has 1 atom stereocenters. The number of alkyl halides is 2. The highest BCUT2D eigenvalue weighted by Crippen LogP contribution is 2.33. The Hall–Kier alpha value is -3.61. The number of benzene rings is 2. The Morgan fingerprint density at radius 3 is 2.62 bits per heavy atom. The molecule has 0 aliphatic carbocycles. The topological polar surface area (TPSA) is 59.5 Å². The van der Waals surface area contributed by atoms with E-state index in [-0.39, 0.29) is 30.6 Å². The maximum Gasteiger partial charge on any atom is 0.362 e. The number of rotatable bonds is 8. The van der Waals surface area contributed by atoms with Gasteiger partial charge < -0.3 is 9.64 Å². The molecular formula is C27H26F2N2O3.